The molecule has 0 saturated heterocycles. The smallest absolute Gasteiger partial charge is 0.0918 e. The van der Waals surface area contributed by atoms with E-state index < -0.39 is 0 Å². The maximum Gasteiger partial charge on any atom is 0.0918 e. The molecule has 0 heterocycles. The zero-order valence-electron chi connectivity index (χ0n) is 10.8. The van der Waals surface area contributed by atoms with E-state index in [1.807, 2.05) is 12.1 Å². The molecule has 0 radical (unpaired) electrons. The predicted molar refractivity (Wildman–Crippen MR) is 91.7 cm³/mol. The zero-order valence-corrected chi connectivity index (χ0v) is 14.5. The predicted octanol–water partition coefficient (Wildman–Crippen LogP) is 5.45. The molecule has 1 unspecified atom stereocenters. The molecule has 1 nitrogen and oxygen atoms in total. The second-order valence-corrected chi connectivity index (χ2v) is 6.29. The summed E-state index contributed by atoms with van der Waals surface area (Å²) >= 11 is 5.86. The lowest BCUT2D eigenvalue weighted by atomic mass is 10.1. The molecular weight excluding hydrogens is 415 g/mol. The highest BCUT2D eigenvalue weighted by molar-refractivity contribution is 14.1. The highest BCUT2D eigenvalue weighted by atomic mass is 127. The topological polar surface area (TPSA) is 9.23 Å². The first-order chi connectivity index (χ1) is 9.19. The van der Waals surface area contributed by atoms with Gasteiger partial charge in [0.1, 0.15) is 0 Å². The van der Waals surface area contributed by atoms with E-state index in [1.54, 1.807) is 0 Å². The largest absolute Gasteiger partial charge is 0.368 e. The molecule has 1 atom stereocenters. The lowest BCUT2D eigenvalue weighted by molar-refractivity contribution is 0.0577. The lowest BCUT2D eigenvalue weighted by Crippen LogP contribution is -2.06. The number of halogens is 2. The molecule has 2 aromatic rings. The maximum absolute atomic E-state index is 6.03. The monoisotopic (exact) mass is 430 g/mol. The average Bonchev–Trinajstić information content (AvgIpc) is 2.41. The summed E-state index contributed by atoms with van der Waals surface area (Å²) in [6.45, 7) is 2.74. The molecule has 0 N–H and O–H groups in total. The van der Waals surface area contributed by atoms with Crippen molar-refractivity contribution in [3.05, 3.63) is 69.7 Å². The lowest BCUT2D eigenvalue weighted by Gasteiger charge is -2.16. The van der Waals surface area contributed by atoms with E-state index in [-0.39, 0.29) is 6.10 Å². The van der Waals surface area contributed by atoms with Gasteiger partial charge >= 0.3 is 0 Å². The van der Waals surface area contributed by atoms with E-state index in [0.717, 1.165) is 8.90 Å². The minimum absolute atomic E-state index is 0.153. The molecule has 0 bridgehead atoms. The van der Waals surface area contributed by atoms with Gasteiger partial charge in [0.05, 0.1) is 12.7 Å². The number of benzene rings is 2. The van der Waals surface area contributed by atoms with Gasteiger partial charge < -0.3 is 4.74 Å². The van der Waals surface area contributed by atoms with E-state index in [1.165, 1.54) is 16.7 Å². The van der Waals surface area contributed by atoms with Crippen molar-refractivity contribution in [1.82, 2.24) is 0 Å². The van der Waals surface area contributed by atoms with Gasteiger partial charge in [-0.3, -0.25) is 0 Å². The van der Waals surface area contributed by atoms with Gasteiger partial charge in [0, 0.05) is 8.90 Å². The molecule has 0 saturated carbocycles. The Bertz CT molecular complexity index is 525. The Balaban J connectivity index is 2.01. The minimum atomic E-state index is 0.153. The third-order valence-electron chi connectivity index (χ3n) is 2.93. The van der Waals surface area contributed by atoms with Gasteiger partial charge in [-0.1, -0.05) is 80.5 Å². The van der Waals surface area contributed by atoms with Gasteiger partial charge in [-0.25, -0.2) is 0 Å². The second-order valence-electron chi connectivity index (χ2n) is 4.49. The third kappa shape index (κ3) is 4.58. The average molecular weight is 431 g/mol. The van der Waals surface area contributed by atoms with Crippen LogP contribution in [-0.4, -0.2) is 4.43 Å². The van der Waals surface area contributed by atoms with E-state index in [2.05, 4.69) is 81.8 Å². The minimum Gasteiger partial charge on any atom is -0.368 e. The molecule has 19 heavy (non-hydrogen) atoms. The van der Waals surface area contributed by atoms with Crippen LogP contribution in [0.2, 0.25) is 0 Å². The first-order valence-electron chi connectivity index (χ1n) is 6.17. The Labute approximate surface area is 136 Å². The van der Waals surface area contributed by atoms with Gasteiger partial charge in [-0.2, -0.15) is 0 Å². The second kappa shape index (κ2) is 7.41. The van der Waals surface area contributed by atoms with Crippen LogP contribution in [0.5, 0.6) is 0 Å². The van der Waals surface area contributed by atoms with E-state index >= 15 is 0 Å². The van der Waals surface area contributed by atoms with Crippen LogP contribution in [0, 0.1) is 6.92 Å². The summed E-state index contributed by atoms with van der Waals surface area (Å²) in [4.78, 5) is 0. The summed E-state index contributed by atoms with van der Waals surface area (Å²) < 4.78 is 8.08. The summed E-state index contributed by atoms with van der Waals surface area (Å²) in [5.41, 5.74) is 3.72. The molecule has 0 amide bonds. The first-order valence-corrected chi connectivity index (χ1v) is 8.49. The molecule has 2 rings (SSSR count). The van der Waals surface area contributed by atoms with Gasteiger partial charge in [0.15, 0.2) is 0 Å². The van der Waals surface area contributed by atoms with Crippen LogP contribution in [0.15, 0.2) is 53.0 Å². The van der Waals surface area contributed by atoms with Crippen LogP contribution in [0.25, 0.3) is 0 Å². The van der Waals surface area contributed by atoms with Crippen molar-refractivity contribution >= 4 is 38.5 Å². The molecule has 0 aliphatic rings. The summed E-state index contributed by atoms with van der Waals surface area (Å²) in [5.74, 6) is 0. The Kier molecular flexibility index (Phi) is 5.85. The normalized spacial score (nSPS) is 12.4. The van der Waals surface area contributed by atoms with Crippen LogP contribution in [0.4, 0.5) is 0 Å². The van der Waals surface area contributed by atoms with E-state index in [9.17, 15) is 0 Å². The molecule has 0 fully saturated rings. The van der Waals surface area contributed by atoms with Crippen molar-refractivity contribution in [3.8, 4) is 0 Å². The molecule has 0 aliphatic heterocycles. The Morgan fingerprint density at radius 2 is 1.89 bits per heavy atom. The molecule has 100 valence electrons. The van der Waals surface area contributed by atoms with Gasteiger partial charge in [-0.15, -0.1) is 0 Å². The number of ether oxygens (including phenoxy) is 1. The summed E-state index contributed by atoms with van der Waals surface area (Å²) in [7, 11) is 0. The standard InChI is InChI=1S/C16H16BrIO/c1-12-5-7-14(8-6-12)16(10-18)19-11-13-3-2-4-15(17)9-13/h2-9,16H,10-11H2,1H3. The summed E-state index contributed by atoms with van der Waals surface area (Å²) in [5, 5.41) is 0. The third-order valence-corrected chi connectivity index (χ3v) is 4.22. The fourth-order valence-corrected chi connectivity index (χ4v) is 3.04. The van der Waals surface area contributed by atoms with Crippen LogP contribution < -0.4 is 0 Å². The van der Waals surface area contributed by atoms with Crippen molar-refractivity contribution in [2.75, 3.05) is 4.43 Å². The van der Waals surface area contributed by atoms with E-state index in [4.69, 9.17) is 4.74 Å². The fourth-order valence-electron chi connectivity index (χ4n) is 1.83. The Morgan fingerprint density at radius 3 is 2.53 bits per heavy atom. The molecule has 0 aromatic heterocycles. The van der Waals surface area contributed by atoms with Crippen LogP contribution >= 0.6 is 38.5 Å². The fraction of sp³-hybridized carbons (Fsp3) is 0.250. The molecule has 0 spiro atoms. The van der Waals surface area contributed by atoms with Crippen molar-refractivity contribution in [2.24, 2.45) is 0 Å². The highest BCUT2D eigenvalue weighted by Crippen LogP contribution is 2.22. The molecule has 0 aliphatic carbocycles. The maximum atomic E-state index is 6.03. The van der Waals surface area contributed by atoms with Crippen LogP contribution in [-0.2, 0) is 11.3 Å². The Morgan fingerprint density at radius 1 is 1.16 bits per heavy atom. The number of hydrogen-bond donors (Lipinski definition) is 0. The van der Waals surface area contributed by atoms with Crippen LogP contribution in [0.1, 0.15) is 22.8 Å². The van der Waals surface area contributed by atoms with Crippen molar-refractivity contribution in [2.45, 2.75) is 19.6 Å². The number of hydrogen-bond acceptors (Lipinski definition) is 1. The summed E-state index contributed by atoms with van der Waals surface area (Å²) in [6, 6.07) is 16.8. The quantitative estimate of drug-likeness (QED) is 0.452. The number of aryl methyl sites for hydroxylation is 1. The van der Waals surface area contributed by atoms with Gasteiger partial charge in [0.2, 0.25) is 0 Å². The van der Waals surface area contributed by atoms with Gasteiger partial charge in [-0.05, 0) is 30.2 Å². The van der Waals surface area contributed by atoms with Crippen molar-refractivity contribution in [1.29, 1.82) is 0 Å². The first kappa shape index (κ1) is 15.0. The SMILES string of the molecule is Cc1ccc(C(CI)OCc2cccc(Br)c2)cc1. The van der Waals surface area contributed by atoms with Crippen molar-refractivity contribution < 1.29 is 4.74 Å². The zero-order chi connectivity index (χ0) is 13.7. The highest BCUT2D eigenvalue weighted by Gasteiger charge is 2.10. The summed E-state index contributed by atoms with van der Waals surface area (Å²) in [6.07, 6.45) is 0.153. The number of alkyl halides is 1. The Hall–Kier alpha value is -0.390. The molecule has 2 aromatic carbocycles. The molecular formula is C16H16BrIO. The molecule has 3 heteroatoms. The van der Waals surface area contributed by atoms with Gasteiger partial charge in [0.25, 0.3) is 0 Å². The van der Waals surface area contributed by atoms with E-state index in [0.29, 0.717) is 6.61 Å². The number of rotatable bonds is 5. The van der Waals surface area contributed by atoms with Crippen molar-refractivity contribution in [3.63, 3.8) is 0 Å². The van der Waals surface area contributed by atoms with Crippen LogP contribution in [0.3, 0.4) is 0 Å².